The number of nitrogens with one attached hydrogen (secondary N) is 1. The first-order valence-electron chi connectivity index (χ1n) is 8.65. The smallest absolute Gasteiger partial charge is 0.343 e. The van der Waals surface area contributed by atoms with Gasteiger partial charge in [0.05, 0.1) is 17.4 Å². The van der Waals surface area contributed by atoms with E-state index < -0.39 is 30.0 Å². The minimum absolute atomic E-state index is 0.0364. The standard InChI is InChI=1S/C18H15F6N5/c1-3-9-6-11(7-10-8-25-27-14(9)10)29-15-12(28(2)16(29)18(22,23)24)4-5-13(26-15)17(19,20)21/h4-8,16H,3H2,1-2H3,(H,25,27). The van der Waals surface area contributed by atoms with Crippen molar-refractivity contribution in [1.82, 2.24) is 15.2 Å². The zero-order valence-corrected chi connectivity index (χ0v) is 15.2. The number of anilines is 3. The number of halogens is 6. The van der Waals surface area contributed by atoms with Crippen LogP contribution in [0.5, 0.6) is 0 Å². The summed E-state index contributed by atoms with van der Waals surface area (Å²) in [5, 5.41) is 7.26. The van der Waals surface area contributed by atoms with Gasteiger partial charge in [-0.15, -0.1) is 0 Å². The molecule has 3 aromatic rings. The molecule has 1 N–H and O–H groups in total. The van der Waals surface area contributed by atoms with Crippen molar-refractivity contribution in [2.75, 3.05) is 16.8 Å². The summed E-state index contributed by atoms with van der Waals surface area (Å²) in [6.07, 6.45) is -9.76. The van der Waals surface area contributed by atoms with E-state index in [4.69, 9.17) is 0 Å². The number of H-pyrrole nitrogens is 1. The summed E-state index contributed by atoms with van der Waals surface area (Å²) in [4.78, 5) is 5.24. The maximum absolute atomic E-state index is 13.9. The van der Waals surface area contributed by atoms with Crippen LogP contribution in [0.1, 0.15) is 18.2 Å². The third-order valence-corrected chi connectivity index (χ3v) is 4.93. The molecule has 0 aliphatic carbocycles. The number of fused-ring (bicyclic) bond motifs is 2. The zero-order valence-electron chi connectivity index (χ0n) is 15.2. The van der Waals surface area contributed by atoms with Gasteiger partial charge in [0.25, 0.3) is 0 Å². The van der Waals surface area contributed by atoms with Crippen molar-refractivity contribution in [3.05, 3.63) is 41.7 Å². The van der Waals surface area contributed by atoms with Gasteiger partial charge in [-0.3, -0.25) is 10.00 Å². The predicted molar refractivity (Wildman–Crippen MR) is 95.1 cm³/mol. The van der Waals surface area contributed by atoms with Crippen LogP contribution in [-0.4, -0.2) is 34.6 Å². The van der Waals surface area contributed by atoms with Crippen LogP contribution in [0.25, 0.3) is 10.9 Å². The number of hydrogen-bond acceptors (Lipinski definition) is 4. The van der Waals surface area contributed by atoms with Gasteiger partial charge in [-0.2, -0.15) is 31.4 Å². The Hall–Kier alpha value is -2.98. The highest BCUT2D eigenvalue weighted by Gasteiger charge is 2.53. The van der Waals surface area contributed by atoms with E-state index in [1.807, 2.05) is 6.92 Å². The van der Waals surface area contributed by atoms with E-state index in [0.29, 0.717) is 29.0 Å². The Morgan fingerprint density at radius 3 is 2.45 bits per heavy atom. The van der Waals surface area contributed by atoms with E-state index >= 15 is 0 Å². The Morgan fingerprint density at radius 1 is 1.10 bits per heavy atom. The second-order valence-electron chi connectivity index (χ2n) is 6.73. The molecule has 1 atom stereocenters. The fourth-order valence-electron chi connectivity index (χ4n) is 3.63. The third-order valence-electron chi connectivity index (χ3n) is 4.93. The molecule has 3 heterocycles. The Labute approximate surface area is 160 Å². The Kier molecular flexibility index (Phi) is 4.18. The lowest BCUT2D eigenvalue weighted by Crippen LogP contribution is -2.50. The fourth-order valence-corrected chi connectivity index (χ4v) is 3.63. The first-order chi connectivity index (χ1) is 13.5. The number of aryl methyl sites for hydroxylation is 1. The van der Waals surface area contributed by atoms with Crippen molar-refractivity contribution in [1.29, 1.82) is 0 Å². The van der Waals surface area contributed by atoms with E-state index in [0.717, 1.165) is 15.9 Å². The highest BCUT2D eigenvalue weighted by molar-refractivity contribution is 5.89. The van der Waals surface area contributed by atoms with E-state index in [1.165, 1.54) is 25.4 Å². The Bertz CT molecular complexity index is 1070. The van der Waals surface area contributed by atoms with Crippen molar-refractivity contribution >= 4 is 28.1 Å². The molecular weight excluding hydrogens is 400 g/mol. The number of rotatable bonds is 2. The molecule has 0 saturated heterocycles. The van der Waals surface area contributed by atoms with Gasteiger partial charge >= 0.3 is 12.4 Å². The molecule has 11 heteroatoms. The molecule has 2 aromatic heterocycles. The molecular formula is C18H15F6N5. The molecule has 0 amide bonds. The number of hydrogen-bond donors (Lipinski definition) is 1. The van der Waals surface area contributed by atoms with E-state index in [-0.39, 0.29) is 11.4 Å². The van der Waals surface area contributed by atoms with Gasteiger partial charge < -0.3 is 4.90 Å². The second kappa shape index (κ2) is 6.26. The average Bonchev–Trinajstić information content (AvgIpc) is 3.21. The SMILES string of the molecule is CCc1cc(N2c3nc(C(F)(F)F)ccc3N(C)C2C(F)(F)F)cc2cn[nH]c12. The van der Waals surface area contributed by atoms with E-state index in [2.05, 4.69) is 15.2 Å². The van der Waals surface area contributed by atoms with Crippen molar-refractivity contribution in [3.63, 3.8) is 0 Å². The molecule has 4 rings (SSSR count). The number of aromatic nitrogens is 3. The number of nitrogens with zero attached hydrogens (tertiary/aromatic N) is 4. The zero-order chi connectivity index (χ0) is 21.1. The summed E-state index contributed by atoms with van der Waals surface area (Å²) in [5.41, 5.74) is 0.169. The maximum atomic E-state index is 13.9. The van der Waals surface area contributed by atoms with Gasteiger partial charge in [0, 0.05) is 18.1 Å². The van der Waals surface area contributed by atoms with Crippen LogP contribution < -0.4 is 9.80 Å². The van der Waals surface area contributed by atoms with Crippen molar-refractivity contribution < 1.29 is 26.3 Å². The molecule has 1 aromatic carbocycles. The van der Waals surface area contributed by atoms with Gasteiger partial charge in [0.15, 0.2) is 5.82 Å². The summed E-state index contributed by atoms with van der Waals surface area (Å²) < 4.78 is 81.3. The topological polar surface area (TPSA) is 48.1 Å². The summed E-state index contributed by atoms with van der Waals surface area (Å²) >= 11 is 0. The highest BCUT2D eigenvalue weighted by atomic mass is 19.4. The lowest BCUT2D eigenvalue weighted by atomic mass is 10.1. The highest BCUT2D eigenvalue weighted by Crippen LogP contribution is 2.48. The van der Waals surface area contributed by atoms with Gasteiger partial charge in [-0.05, 0) is 36.2 Å². The number of benzene rings is 1. The second-order valence-corrected chi connectivity index (χ2v) is 6.73. The molecule has 154 valence electrons. The number of aromatic amines is 1. The normalized spacial score (nSPS) is 17.3. The van der Waals surface area contributed by atoms with Crippen LogP contribution in [0.3, 0.4) is 0 Å². The number of alkyl halides is 6. The Morgan fingerprint density at radius 2 is 1.83 bits per heavy atom. The van der Waals surface area contributed by atoms with Crippen LogP contribution in [0.15, 0.2) is 30.5 Å². The molecule has 0 bridgehead atoms. The Balaban J connectivity index is 1.97. The van der Waals surface area contributed by atoms with Crippen molar-refractivity contribution in [3.8, 4) is 0 Å². The molecule has 0 radical (unpaired) electrons. The third kappa shape index (κ3) is 3.04. The first-order valence-corrected chi connectivity index (χ1v) is 8.65. The minimum Gasteiger partial charge on any atom is -0.343 e. The average molecular weight is 415 g/mol. The summed E-state index contributed by atoms with van der Waals surface area (Å²) in [5.74, 6) is -0.394. The summed E-state index contributed by atoms with van der Waals surface area (Å²) in [6, 6.07) is 4.68. The monoisotopic (exact) mass is 415 g/mol. The van der Waals surface area contributed by atoms with Crippen molar-refractivity contribution in [2.24, 2.45) is 0 Å². The van der Waals surface area contributed by atoms with Crippen molar-refractivity contribution in [2.45, 2.75) is 31.9 Å². The molecule has 0 saturated carbocycles. The van der Waals surface area contributed by atoms with Crippen LogP contribution >= 0.6 is 0 Å². The summed E-state index contributed by atoms with van der Waals surface area (Å²) in [7, 11) is 1.18. The number of pyridine rings is 1. The van der Waals surface area contributed by atoms with Crippen LogP contribution in [0.4, 0.5) is 43.5 Å². The lowest BCUT2D eigenvalue weighted by molar-refractivity contribution is -0.144. The van der Waals surface area contributed by atoms with Crippen LogP contribution in [0.2, 0.25) is 0 Å². The van der Waals surface area contributed by atoms with Gasteiger partial charge in [-0.1, -0.05) is 6.92 Å². The van der Waals surface area contributed by atoms with E-state index in [1.54, 1.807) is 0 Å². The lowest BCUT2D eigenvalue weighted by Gasteiger charge is -2.32. The quantitative estimate of drug-likeness (QED) is 0.598. The molecule has 0 spiro atoms. The predicted octanol–water partition coefficient (Wildman–Crippen LogP) is 5.02. The minimum atomic E-state index is -4.78. The summed E-state index contributed by atoms with van der Waals surface area (Å²) in [6.45, 7) is 1.82. The largest absolute Gasteiger partial charge is 0.433 e. The molecule has 29 heavy (non-hydrogen) atoms. The molecule has 1 unspecified atom stereocenters. The van der Waals surface area contributed by atoms with Crippen LogP contribution in [0, 0.1) is 0 Å². The molecule has 1 aliphatic rings. The van der Waals surface area contributed by atoms with E-state index in [9.17, 15) is 26.3 Å². The molecule has 5 nitrogen and oxygen atoms in total. The van der Waals surface area contributed by atoms with Gasteiger partial charge in [0.2, 0.25) is 6.17 Å². The van der Waals surface area contributed by atoms with Gasteiger partial charge in [-0.25, -0.2) is 4.98 Å². The van der Waals surface area contributed by atoms with Crippen LogP contribution in [-0.2, 0) is 12.6 Å². The molecule has 0 fully saturated rings. The van der Waals surface area contributed by atoms with Gasteiger partial charge in [0.1, 0.15) is 5.69 Å². The fraction of sp³-hybridized carbons (Fsp3) is 0.333. The molecule has 1 aliphatic heterocycles. The maximum Gasteiger partial charge on any atom is 0.433 e. The first kappa shape index (κ1) is 19.3.